The first kappa shape index (κ1) is 8.31. The van der Waals surface area contributed by atoms with Crippen molar-refractivity contribution in [3.63, 3.8) is 0 Å². The van der Waals surface area contributed by atoms with Crippen molar-refractivity contribution in [2.24, 2.45) is 0 Å². The van der Waals surface area contributed by atoms with Crippen molar-refractivity contribution < 1.29 is 0 Å². The third kappa shape index (κ3) is 1.58. The fourth-order valence-electron chi connectivity index (χ4n) is 1.25. The highest BCUT2D eigenvalue weighted by Gasteiger charge is 2.04. The van der Waals surface area contributed by atoms with E-state index in [9.17, 15) is 0 Å². The number of rotatable bonds is 1. The van der Waals surface area contributed by atoms with Crippen molar-refractivity contribution in [2.45, 2.75) is 13.8 Å². The van der Waals surface area contributed by atoms with Gasteiger partial charge in [-0.1, -0.05) is 4.49 Å². The maximum Gasteiger partial charge on any atom is 0.107 e. The molecule has 0 atom stereocenters. The fraction of sp³-hybridized carbons (Fsp3) is 0.222. The van der Waals surface area contributed by atoms with Crippen LogP contribution in [-0.2, 0) is 0 Å². The molecule has 0 saturated heterocycles. The average molecular weight is 191 g/mol. The summed E-state index contributed by atoms with van der Waals surface area (Å²) in [5.74, 6) is 0. The van der Waals surface area contributed by atoms with E-state index in [0.717, 1.165) is 17.0 Å². The minimum atomic E-state index is 0.912. The standard InChI is InChI=1S/C9H9N3S/c1-6-3-7(2)10-4-8(6)9-5-13-12-11-9/h3-5H,1-2H3. The Kier molecular flexibility index (Phi) is 2.06. The molecule has 2 heterocycles. The van der Waals surface area contributed by atoms with Crippen LogP contribution in [-0.4, -0.2) is 14.6 Å². The van der Waals surface area contributed by atoms with E-state index in [1.54, 1.807) is 0 Å². The van der Waals surface area contributed by atoms with Gasteiger partial charge in [-0.3, -0.25) is 4.98 Å². The molecule has 0 unspecified atom stereocenters. The Morgan fingerprint density at radius 3 is 2.77 bits per heavy atom. The van der Waals surface area contributed by atoms with Crippen LogP contribution in [0, 0.1) is 13.8 Å². The molecule has 0 amide bonds. The van der Waals surface area contributed by atoms with Crippen LogP contribution in [0.15, 0.2) is 17.6 Å². The van der Waals surface area contributed by atoms with Gasteiger partial charge in [0.15, 0.2) is 0 Å². The van der Waals surface area contributed by atoms with E-state index in [0.29, 0.717) is 0 Å². The Morgan fingerprint density at radius 1 is 1.31 bits per heavy atom. The van der Waals surface area contributed by atoms with Gasteiger partial charge in [0.1, 0.15) is 5.69 Å². The van der Waals surface area contributed by atoms with Gasteiger partial charge in [-0.25, -0.2) is 0 Å². The van der Waals surface area contributed by atoms with Crippen molar-refractivity contribution in [3.8, 4) is 11.3 Å². The zero-order valence-electron chi connectivity index (χ0n) is 7.48. The molecule has 2 aromatic rings. The number of pyridine rings is 1. The SMILES string of the molecule is Cc1cc(C)c(-c2csnn2)cn1. The molecule has 4 heteroatoms. The minimum absolute atomic E-state index is 0.912. The number of aromatic nitrogens is 3. The van der Waals surface area contributed by atoms with Crippen molar-refractivity contribution in [3.05, 3.63) is 28.9 Å². The van der Waals surface area contributed by atoms with Gasteiger partial charge in [-0.05, 0) is 37.0 Å². The number of nitrogens with zero attached hydrogens (tertiary/aromatic N) is 3. The molecule has 0 N–H and O–H groups in total. The van der Waals surface area contributed by atoms with Crippen LogP contribution in [0.4, 0.5) is 0 Å². The highest BCUT2D eigenvalue weighted by molar-refractivity contribution is 7.03. The summed E-state index contributed by atoms with van der Waals surface area (Å²) >= 11 is 1.36. The summed E-state index contributed by atoms with van der Waals surface area (Å²) in [6.07, 6.45) is 1.85. The summed E-state index contributed by atoms with van der Waals surface area (Å²) in [5, 5.41) is 5.94. The highest BCUT2D eigenvalue weighted by atomic mass is 32.1. The molecule has 0 radical (unpaired) electrons. The second kappa shape index (κ2) is 3.22. The van der Waals surface area contributed by atoms with E-state index in [4.69, 9.17) is 0 Å². The second-order valence-corrected chi connectivity index (χ2v) is 3.54. The normalized spacial score (nSPS) is 10.3. The maximum absolute atomic E-state index is 4.23. The summed E-state index contributed by atoms with van der Waals surface area (Å²) in [4.78, 5) is 4.23. The molecule has 0 fully saturated rings. The summed E-state index contributed by atoms with van der Waals surface area (Å²) in [7, 11) is 0. The van der Waals surface area contributed by atoms with Crippen molar-refractivity contribution in [2.75, 3.05) is 0 Å². The molecule has 2 rings (SSSR count). The number of aryl methyl sites for hydroxylation is 2. The third-order valence-electron chi connectivity index (χ3n) is 1.88. The summed E-state index contributed by atoms with van der Waals surface area (Å²) in [6, 6.07) is 2.05. The second-order valence-electron chi connectivity index (χ2n) is 2.93. The molecule has 0 aliphatic rings. The zero-order chi connectivity index (χ0) is 9.26. The van der Waals surface area contributed by atoms with Gasteiger partial charge in [0, 0.05) is 22.8 Å². The Morgan fingerprint density at radius 2 is 2.15 bits per heavy atom. The predicted molar refractivity (Wildman–Crippen MR) is 52.6 cm³/mol. The molecule has 0 aliphatic heterocycles. The van der Waals surface area contributed by atoms with Crippen molar-refractivity contribution in [1.82, 2.24) is 14.6 Å². The Labute approximate surface area is 80.6 Å². The lowest BCUT2D eigenvalue weighted by molar-refractivity contribution is 1.13. The lowest BCUT2D eigenvalue weighted by Crippen LogP contribution is -1.88. The lowest BCUT2D eigenvalue weighted by atomic mass is 10.1. The van der Waals surface area contributed by atoms with Crippen LogP contribution in [0.2, 0.25) is 0 Å². The van der Waals surface area contributed by atoms with Gasteiger partial charge >= 0.3 is 0 Å². The molecule has 13 heavy (non-hydrogen) atoms. The maximum atomic E-state index is 4.23. The van der Waals surface area contributed by atoms with Gasteiger partial charge < -0.3 is 0 Å². The van der Waals surface area contributed by atoms with E-state index in [-0.39, 0.29) is 0 Å². The zero-order valence-corrected chi connectivity index (χ0v) is 8.30. The van der Waals surface area contributed by atoms with Crippen LogP contribution in [0.5, 0.6) is 0 Å². The molecule has 0 spiro atoms. The lowest BCUT2D eigenvalue weighted by Gasteiger charge is -2.01. The molecule has 66 valence electrons. The highest BCUT2D eigenvalue weighted by Crippen LogP contribution is 2.20. The van der Waals surface area contributed by atoms with Crippen LogP contribution >= 0.6 is 11.5 Å². The van der Waals surface area contributed by atoms with E-state index >= 15 is 0 Å². The quantitative estimate of drug-likeness (QED) is 0.693. The molecule has 3 nitrogen and oxygen atoms in total. The Balaban J connectivity index is 2.53. The van der Waals surface area contributed by atoms with E-state index < -0.39 is 0 Å². The first-order valence-electron chi connectivity index (χ1n) is 3.98. The molecular formula is C9H9N3S. The van der Waals surface area contributed by atoms with Crippen LogP contribution in [0.1, 0.15) is 11.3 Å². The van der Waals surface area contributed by atoms with E-state index in [1.165, 1.54) is 17.1 Å². The fourth-order valence-corrected chi connectivity index (χ4v) is 1.70. The van der Waals surface area contributed by atoms with Crippen molar-refractivity contribution >= 4 is 11.5 Å². The molecule has 2 aromatic heterocycles. The van der Waals surface area contributed by atoms with Gasteiger partial charge in [-0.15, -0.1) is 5.10 Å². The van der Waals surface area contributed by atoms with Gasteiger partial charge in [0.25, 0.3) is 0 Å². The third-order valence-corrected chi connectivity index (χ3v) is 2.39. The van der Waals surface area contributed by atoms with Crippen LogP contribution < -0.4 is 0 Å². The monoisotopic (exact) mass is 191 g/mol. The largest absolute Gasteiger partial charge is 0.261 e. The van der Waals surface area contributed by atoms with Gasteiger partial charge in [-0.2, -0.15) is 0 Å². The molecule has 0 bridgehead atoms. The Bertz CT molecular complexity index is 409. The van der Waals surface area contributed by atoms with E-state index in [2.05, 4.69) is 27.6 Å². The first-order chi connectivity index (χ1) is 6.27. The molecule has 0 aromatic carbocycles. The predicted octanol–water partition coefficient (Wildman–Crippen LogP) is 2.22. The molecular weight excluding hydrogens is 182 g/mol. The summed E-state index contributed by atoms with van der Waals surface area (Å²) in [5.41, 5.74) is 4.21. The smallest absolute Gasteiger partial charge is 0.107 e. The molecule has 0 aliphatic carbocycles. The van der Waals surface area contributed by atoms with Crippen molar-refractivity contribution in [1.29, 1.82) is 0 Å². The van der Waals surface area contributed by atoms with Crippen LogP contribution in [0.25, 0.3) is 11.3 Å². The topological polar surface area (TPSA) is 38.7 Å². The summed E-state index contributed by atoms with van der Waals surface area (Å²) in [6.45, 7) is 4.04. The summed E-state index contributed by atoms with van der Waals surface area (Å²) < 4.78 is 3.83. The number of hydrogen-bond donors (Lipinski definition) is 0. The first-order valence-corrected chi connectivity index (χ1v) is 4.81. The van der Waals surface area contributed by atoms with Gasteiger partial charge in [0.05, 0.1) is 0 Å². The Hall–Kier alpha value is -1.29. The molecule has 0 saturated carbocycles. The average Bonchev–Trinajstić information content (AvgIpc) is 2.56. The van der Waals surface area contributed by atoms with Crippen LogP contribution in [0.3, 0.4) is 0 Å². The minimum Gasteiger partial charge on any atom is -0.261 e. The number of hydrogen-bond acceptors (Lipinski definition) is 4. The van der Waals surface area contributed by atoms with Gasteiger partial charge in [0.2, 0.25) is 0 Å². The van der Waals surface area contributed by atoms with E-state index in [1.807, 2.05) is 18.5 Å².